The van der Waals surface area contributed by atoms with E-state index in [9.17, 15) is 9.50 Å². The maximum atomic E-state index is 13.3. The molecule has 0 aliphatic rings. The van der Waals surface area contributed by atoms with Gasteiger partial charge in [0.2, 0.25) is 0 Å². The molecule has 2 rings (SSSR count). The molecule has 0 saturated carbocycles. The number of aliphatic hydroxyl groups excluding tert-OH is 1. The van der Waals surface area contributed by atoms with E-state index in [0.717, 1.165) is 5.69 Å². The molecule has 0 heterocycles. The summed E-state index contributed by atoms with van der Waals surface area (Å²) in [7, 11) is 0. The topological polar surface area (TPSA) is 41.5 Å². The molecule has 2 aromatic rings. The third-order valence-corrected chi connectivity index (χ3v) is 2.87. The molecule has 2 N–H and O–H groups in total. The largest absolute Gasteiger partial charge is 0.488 e. The Morgan fingerprint density at radius 2 is 2.00 bits per heavy atom. The van der Waals surface area contributed by atoms with Crippen molar-refractivity contribution >= 4 is 17.3 Å². The standard InChI is InChI=1S/C15H15ClFNO2/c16-11-4-3-5-12(8-11)18-9-13(19)10-20-15-7-2-1-6-14(15)17/h1-8,13,18-19H,9-10H2. The van der Waals surface area contributed by atoms with Gasteiger partial charge in [-0.15, -0.1) is 0 Å². The van der Waals surface area contributed by atoms with E-state index in [1.54, 1.807) is 24.3 Å². The number of anilines is 1. The van der Waals surface area contributed by atoms with E-state index in [4.69, 9.17) is 16.3 Å². The molecule has 3 nitrogen and oxygen atoms in total. The maximum absolute atomic E-state index is 13.3. The summed E-state index contributed by atoms with van der Waals surface area (Å²) in [5.41, 5.74) is 0.808. The summed E-state index contributed by atoms with van der Waals surface area (Å²) in [6, 6.07) is 13.3. The van der Waals surface area contributed by atoms with E-state index in [0.29, 0.717) is 5.02 Å². The number of nitrogens with one attached hydrogen (secondary N) is 1. The monoisotopic (exact) mass is 295 g/mol. The van der Waals surface area contributed by atoms with Crippen molar-refractivity contribution in [3.63, 3.8) is 0 Å². The van der Waals surface area contributed by atoms with Gasteiger partial charge in [0, 0.05) is 17.3 Å². The Morgan fingerprint density at radius 1 is 1.20 bits per heavy atom. The number of benzene rings is 2. The molecule has 0 aliphatic carbocycles. The lowest BCUT2D eigenvalue weighted by Gasteiger charge is -2.14. The first kappa shape index (κ1) is 14.6. The second-order valence-corrected chi connectivity index (χ2v) is 4.72. The van der Waals surface area contributed by atoms with Gasteiger partial charge in [0.15, 0.2) is 11.6 Å². The fourth-order valence-electron chi connectivity index (χ4n) is 1.64. The van der Waals surface area contributed by atoms with Crippen LogP contribution in [0.3, 0.4) is 0 Å². The van der Waals surface area contributed by atoms with Crippen molar-refractivity contribution in [2.75, 3.05) is 18.5 Å². The SMILES string of the molecule is OC(CNc1cccc(Cl)c1)COc1ccccc1F. The Labute approximate surface area is 122 Å². The van der Waals surface area contributed by atoms with Gasteiger partial charge in [0.1, 0.15) is 12.7 Å². The molecule has 0 saturated heterocycles. The molecular weight excluding hydrogens is 281 g/mol. The van der Waals surface area contributed by atoms with Crippen molar-refractivity contribution in [3.8, 4) is 5.75 Å². The van der Waals surface area contributed by atoms with Gasteiger partial charge in [-0.05, 0) is 30.3 Å². The smallest absolute Gasteiger partial charge is 0.165 e. The third-order valence-electron chi connectivity index (χ3n) is 2.63. The van der Waals surface area contributed by atoms with Crippen LogP contribution in [0.1, 0.15) is 0 Å². The highest BCUT2D eigenvalue weighted by atomic mass is 35.5. The van der Waals surface area contributed by atoms with Crippen LogP contribution in [0.4, 0.5) is 10.1 Å². The summed E-state index contributed by atoms with van der Waals surface area (Å²) in [5.74, 6) is -0.309. The number of hydrogen-bond donors (Lipinski definition) is 2. The predicted octanol–water partition coefficient (Wildman–Crippen LogP) is 3.33. The van der Waals surface area contributed by atoms with Gasteiger partial charge in [0.25, 0.3) is 0 Å². The third kappa shape index (κ3) is 4.40. The molecule has 5 heteroatoms. The number of ether oxygens (including phenoxy) is 1. The molecule has 0 amide bonds. The average molecular weight is 296 g/mol. The second kappa shape index (κ2) is 7.12. The van der Waals surface area contributed by atoms with E-state index in [2.05, 4.69) is 5.32 Å². The van der Waals surface area contributed by atoms with E-state index >= 15 is 0 Å². The summed E-state index contributed by atoms with van der Waals surface area (Å²) < 4.78 is 18.5. The molecule has 20 heavy (non-hydrogen) atoms. The number of para-hydroxylation sites is 1. The zero-order chi connectivity index (χ0) is 14.4. The zero-order valence-electron chi connectivity index (χ0n) is 10.7. The Kier molecular flexibility index (Phi) is 5.21. The fraction of sp³-hybridized carbons (Fsp3) is 0.200. The van der Waals surface area contributed by atoms with Gasteiger partial charge in [-0.25, -0.2) is 4.39 Å². The van der Waals surface area contributed by atoms with Crippen molar-refractivity contribution in [3.05, 3.63) is 59.4 Å². The molecule has 2 aromatic carbocycles. The van der Waals surface area contributed by atoms with E-state index in [1.165, 1.54) is 12.1 Å². The molecule has 1 unspecified atom stereocenters. The lowest BCUT2D eigenvalue weighted by molar-refractivity contribution is 0.115. The summed E-state index contributed by atoms with van der Waals surface area (Å²) in [6.45, 7) is 0.295. The van der Waals surface area contributed by atoms with E-state index in [-0.39, 0.29) is 18.9 Å². The van der Waals surface area contributed by atoms with Crippen LogP contribution in [0.2, 0.25) is 5.02 Å². The number of halogens is 2. The Hall–Kier alpha value is -1.78. The first-order chi connectivity index (χ1) is 9.65. The van der Waals surface area contributed by atoms with Gasteiger partial charge in [-0.3, -0.25) is 0 Å². The van der Waals surface area contributed by atoms with Gasteiger partial charge < -0.3 is 15.2 Å². The first-order valence-electron chi connectivity index (χ1n) is 6.20. The summed E-state index contributed by atoms with van der Waals surface area (Å²) in [5, 5.41) is 13.4. The average Bonchev–Trinajstić information content (AvgIpc) is 2.44. The van der Waals surface area contributed by atoms with Crippen LogP contribution in [-0.4, -0.2) is 24.4 Å². The Morgan fingerprint density at radius 3 is 2.75 bits per heavy atom. The maximum Gasteiger partial charge on any atom is 0.165 e. The van der Waals surface area contributed by atoms with Crippen molar-refractivity contribution in [1.29, 1.82) is 0 Å². The zero-order valence-corrected chi connectivity index (χ0v) is 11.5. The van der Waals surface area contributed by atoms with Crippen molar-refractivity contribution in [2.45, 2.75) is 6.10 Å². The summed E-state index contributed by atoms with van der Waals surface area (Å²) in [6.07, 6.45) is -0.756. The van der Waals surface area contributed by atoms with Crippen LogP contribution < -0.4 is 10.1 Å². The van der Waals surface area contributed by atoms with E-state index in [1.807, 2.05) is 12.1 Å². The summed E-state index contributed by atoms with van der Waals surface area (Å²) >= 11 is 5.85. The van der Waals surface area contributed by atoms with Gasteiger partial charge in [-0.1, -0.05) is 29.8 Å². The van der Waals surface area contributed by atoms with Crippen LogP contribution in [0.5, 0.6) is 5.75 Å². The molecule has 0 bridgehead atoms. The van der Waals surface area contributed by atoms with Crippen molar-refractivity contribution < 1.29 is 14.2 Å². The van der Waals surface area contributed by atoms with E-state index < -0.39 is 11.9 Å². The molecule has 106 valence electrons. The highest BCUT2D eigenvalue weighted by molar-refractivity contribution is 6.30. The minimum absolute atomic E-state index is 0.00843. The molecule has 0 spiro atoms. The van der Waals surface area contributed by atoms with Crippen LogP contribution in [0.15, 0.2) is 48.5 Å². The molecule has 1 atom stereocenters. The quantitative estimate of drug-likeness (QED) is 0.859. The van der Waals surface area contributed by atoms with Gasteiger partial charge in [-0.2, -0.15) is 0 Å². The molecule has 0 aliphatic heterocycles. The highest BCUT2D eigenvalue weighted by Crippen LogP contribution is 2.16. The molecular formula is C15H15ClFNO2. The normalized spacial score (nSPS) is 11.9. The Balaban J connectivity index is 1.78. The Bertz CT molecular complexity index is 565. The van der Waals surface area contributed by atoms with Crippen molar-refractivity contribution in [1.82, 2.24) is 0 Å². The van der Waals surface area contributed by atoms with Crippen LogP contribution >= 0.6 is 11.6 Å². The lowest BCUT2D eigenvalue weighted by Crippen LogP contribution is -2.26. The molecule has 0 radical (unpaired) electrons. The predicted molar refractivity (Wildman–Crippen MR) is 77.8 cm³/mol. The second-order valence-electron chi connectivity index (χ2n) is 4.29. The number of aliphatic hydroxyl groups is 1. The lowest BCUT2D eigenvalue weighted by atomic mass is 10.3. The molecule has 0 fully saturated rings. The fourth-order valence-corrected chi connectivity index (χ4v) is 1.83. The molecule has 0 aromatic heterocycles. The van der Waals surface area contributed by atoms with Crippen molar-refractivity contribution in [2.24, 2.45) is 0 Å². The first-order valence-corrected chi connectivity index (χ1v) is 6.58. The van der Waals surface area contributed by atoms with Gasteiger partial charge >= 0.3 is 0 Å². The van der Waals surface area contributed by atoms with Crippen LogP contribution in [-0.2, 0) is 0 Å². The van der Waals surface area contributed by atoms with Crippen LogP contribution in [0, 0.1) is 5.82 Å². The number of hydrogen-bond acceptors (Lipinski definition) is 3. The summed E-state index contributed by atoms with van der Waals surface area (Å²) in [4.78, 5) is 0. The minimum Gasteiger partial charge on any atom is -0.488 e. The van der Waals surface area contributed by atoms with Crippen LogP contribution in [0.25, 0.3) is 0 Å². The minimum atomic E-state index is -0.756. The van der Waals surface area contributed by atoms with Gasteiger partial charge in [0.05, 0.1) is 0 Å². The number of rotatable bonds is 6. The highest BCUT2D eigenvalue weighted by Gasteiger charge is 2.07.